The van der Waals surface area contributed by atoms with Crippen molar-refractivity contribution in [2.24, 2.45) is 11.8 Å². The zero-order chi connectivity index (χ0) is 16.2. The van der Waals surface area contributed by atoms with E-state index >= 15 is 0 Å². The summed E-state index contributed by atoms with van der Waals surface area (Å²) in [5.74, 6) is 1.42. The van der Waals surface area contributed by atoms with Crippen LogP contribution in [-0.4, -0.2) is 41.7 Å². The molecule has 2 aliphatic rings. The number of aliphatic hydroxyl groups is 1. The molecule has 2 atom stereocenters. The highest BCUT2D eigenvalue weighted by molar-refractivity contribution is 5.79. The number of carbonyl (C=O) groups is 1. The zero-order valence-corrected chi connectivity index (χ0v) is 13.6. The second-order valence-corrected chi connectivity index (χ2v) is 6.63. The molecule has 1 saturated heterocycles. The first-order valence-corrected chi connectivity index (χ1v) is 8.43. The molecule has 23 heavy (non-hydrogen) atoms. The van der Waals surface area contributed by atoms with E-state index in [-0.39, 0.29) is 30.4 Å². The maximum atomic E-state index is 12.4. The van der Waals surface area contributed by atoms with Crippen LogP contribution in [0.4, 0.5) is 5.82 Å². The predicted octanol–water partition coefficient (Wildman–Crippen LogP) is 1.66. The van der Waals surface area contributed by atoms with Gasteiger partial charge in [-0.1, -0.05) is 18.2 Å². The van der Waals surface area contributed by atoms with E-state index in [0.29, 0.717) is 0 Å². The largest absolute Gasteiger partial charge is 0.396 e. The fourth-order valence-electron chi connectivity index (χ4n) is 3.34. The quantitative estimate of drug-likeness (QED) is 0.830. The number of anilines is 1. The second-order valence-electron chi connectivity index (χ2n) is 6.63. The normalized spacial score (nSPS) is 24.9. The Hall–Kier alpha value is -1.88. The number of nitrogens with zero attached hydrogens (tertiary/aromatic N) is 2. The van der Waals surface area contributed by atoms with Gasteiger partial charge in [0.05, 0.1) is 0 Å². The average molecular weight is 315 g/mol. The van der Waals surface area contributed by atoms with Crippen LogP contribution in [0.3, 0.4) is 0 Å². The molecule has 1 aromatic heterocycles. The number of nitrogens with one attached hydrogen (secondary N) is 1. The average Bonchev–Trinajstić information content (AvgIpc) is 3.03. The zero-order valence-electron chi connectivity index (χ0n) is 13.6. The molecule has 0 bridgehead atoms. The van der Waals surface area contributed by atoms with Gasteiger partial charge in [0.25, 0.3) is 0 Å². The minimum atomic E-state index is 0.0800. The maximum absolute atomic E-state index is 12.4. The molecule has 5 heteroatoms. The third-order valence-electron chi connectivity index (χ3n) is 4.82. The van der Waals surface area contributed by atoms with Gasteiger partial charge in [-0.05, 0) is 37.8 Å². The van der Waals surface area contributed by atoms with Gasteiger partial charge in [-0.3, -0.25) is 4.79 Å². The minimum absolute atomic E-state index is 0.0800. The summed E-state index contributed by atoms with van der Waals surface area (Å²) in [6.07, 6.45) is 8.43. The van der Waals surface area contributed by atoms with E-state index in [2.05, 4.69) is 21.3 Å². The fourth-order valence-corrected chi connectivity index (χ4v) is 3.34. The van der Waals surface area contributed by atoms with Gasteiger partial charge in [0, 0.05) is 43.8 Å². The Morgan fingerprint density at radius 3 is 2.74 bits per heavy atom. The van der Waals surface area contributed by atoms with Crippen molar-refractivity contribution in [1.29, 1.82) is 0 Å². The SMILES string of the molecule is Cc1ccc(N2CCC(C(=O)N[C@@H]3C=C[C@H](CO)C3)CC2)nc1. The lowest BCUT2D eigenvalue weighted by Gasteiger charge is -2.32. The summed E-state index contributed by atoms with van der Waals surface area (Å²) >= 11 is 0. The third-order valence-corrected chi connectivity index (χ3v) is 4.82. The smallest absolute Gasteiger partial charge is 0.223 e. The molecule has 0 aromatic carbocycles. The van der Waals surface area contributed by atoms with Gasteiger partial charge in [0.2, 0.25) is 5.91 Å². The number of aromatic nitrogens is 1. The van der Waals surface area contributed by atoms with Gasteiger partial charge >= 0.3 is 0 Å². The second kappa shape index (κ2) is 7.13. The number of amides is 1. The standard InChI is InChI=1S/C18H25N3O2/c1-13-2-5-17(19-11-13)21-8-6-15(7-9-21)18(23)20-16-4-3-14(10-16)12-22/h2-5,11,14-16,22H,6-10,12H2,1H3,(H,20,23)/t14-,16+/m0/s1. The van der Waals surface area contributed by atoms with Gasteiger partial charge < -0.3 is 15.3 Å². The van der Waals surface area contributed by atoms with Gasteiger partial charge in [-0.2, -0.15) is 0 Å². The molecule has 3 rings (SSSR count). The van der Waals surface area contributed by atoms with E-state index in [1.54, 1.807) is 0 Å². The molecule has 2 N–H and O–H groups in total. The first-order valence-electron chi connectivity index (χ1n) is 8.43. The monoisotopic (exact) mass is 315 g/mol. The Balaban J connectivity index is 1.48. The molecule has 2 heterocycles. The van der Waals surface area contributed by atoms with Crippen LogP contribution in [-0.2, 0) is 4.79 Å². The molecule has 5 nitrogen and oxygen atoms in total. The fraction of sp³-hybridized carbons (Fsp3) is 0.556. The molecule has 1 aliphatic carbocycles. The van der Waals surface area contributed by atoms with Crippen LogP contribution in [0, 0.1) is 18.8 Å². The Kier molecular flexibility index (Phi) is 4.96. The molecule has 0 radical (unpaired) electrons. The van der Waals surface area contributed by atoms with Gasteiger partial charge in [-0.15, -0.1) is 0 Å². The van der Waals surface area contributed by atoms with Gasteiger partial charge in [0.15, 0.2) is 0 Å². The number of carbonyl (C=O) groups excluding carboxylic acids is 1. The number of piperidine rings is 1. The summed E-state index contributed by atoms with van der Waals surface area (Å²) in [6.45, 7) is 3.93. The highest BCUT2D eigenvalue weighted by Crippen LogP contribution is 2.23. The van der Waals surface area contributed by atoms with Crippen LogP contribution >= 0.6 is 0 Å². The summed E-state index contributed by atoms with van der Waals surface area (Å²) in [5, 5.41) is 12.2. The molecule has 0 saturated carbocycles. The Morgan fingerprint density at radius 2 is 2.13 bits per heavy atom. The van der Waals surface area contributed by atoms with Crippen LogP contribution in [0.1, 0.15) is 24.8 Å². The van der Waals surface area contributed by atoms with E-state index in [1.807, 2.05) is 31.3 Å². The Bertz CT molecular complexity index is 562. The lowest BCUT2D eigenvalue weighted by molar-refractivity contribution is -0.126. The molecule has 1 aliphatic heterocycles. The number of aliphatic hydroxyl groups excluding tert-OH is 1. The van der Waals surface area contributed by atoms with Crippen molar-refractivity contribution in [3.05, 3.63) is 36.0 Å². The summed E-state index contributed by atoms with van der Waals surface area (Å²) in [4.78, 5) is 19.1. The van der Waals surface area contributed by atoms with E-state index < -0.39 is 0 Å². The minimum Gasteiger partial charge on any atom is -0.396 e. The molecule has 124 valence electrons. The summed E-state index contributed by atoms with van der Waals surface area (Å²) in [5.41, 5.74) is 1.16. The predicted molar refractivity (Wildman–Crippen MR) is 90.2 cm³/mol. The number of hydrogen-bond donors (Lipinski definition) is 2. The van der Waals surface area contributed by atoms with E-state index in [9.17, 15) is 4.79 Å². The number of hydrogen-bond acceptors (Lipinski definition) is 4. The van der Waals surface area contributed by atoms with Crippen molar-refractivity contribution in [2.45, 2.75) is 32.2 Å². The van der Waals surface area contributed by atoms with Crippen LogP contribution in [0.25, 0.3) is 0 Å². The molecular weight excluding hydrogens is 290 g/mol. The van der Waals surface area contributed by atoms with Crippen molar-refractivity contribution in [2.75, 3.05) is 24.6 Å². The number of aryl methyl sites for hydroxylation is 1. The van der Waals surface area contributed by atoms with E-state index in [0.717, 1.165) is 43.7 Å². The van der Waals surface area contributed by atoms with Crippen LogP contribution in [0.2, 0.25) is 0 Å². The van der Waals surface area contributed by atoms with Crippen LogP contribution in [0.15, 0.2) is 30.5 Å². The van der Waals surface area contributed by atoms with E-state index in [4.69, 9.17) is 5.11 Å². The van der Waals surface area contributed by atoms with Gasteiger partial charge in [0.1, 0.15) is 5.82 Å². The highest BCUT2D eigenvalue weighted by atomic mass is 16.3. The third kappa shape index (κ3) is 3.91. The first-order chi connectivity index (χ1) is 11.2. The number of rotatable bonds is 4. The topological polar surface area (TPSA) is 65.5 Å². The summed E-state index contributed by atoms with van der Waals surface area (Å²) < 4.78 is 0. The maximum Gasteiger partial charge on any atom is 0.223 e. The van der Waals surface area contributed by atoms with Crippen molar-refractivity contribution in [3.8, 4) is 0 Å². The van der Waals surface area contributed by atoms with E-state index in [1.165, 1.54) is 0 Å². The van der Waals surface area contributed by atoms with Gasteiger partial charge in [-0.25, -0.2) is 4.98 Å². The van der Waals surface area contributed by atoms with Crippen LogP contribution < -0.4 is 10.2 Å². The van der Waals surface area contributed by atoms with Crippen molar-refractivity contribution in [1.82, 2.24) is 10.3 Å². The van der Waals surface area contributed by atoms with Crippen molar-refractivity contribution in [3.63, 3.8) is 0 Å². The highest BCUT2D eigenvalue weighted by Gasteiger charge is 2.28. The van der Waals surface area contributed by atoms with Crippen LogP contribution in [0.5, 0.6) is 0 Å². The molecule has 0 unspecified atom stereocenters. The Labute approximate surface area is 137 Å². The first kappa shape index (κ1) is 16.0. The molecular formula is C18H25N3O2. The summed E-state index contributed by atoms with van der Waals surface area (Å²) in [7, 11) is 0. The van der Waals surface area contributed by atoms with Crippen molar-refractivity contribution >= 4 is 11.7 Å². The molecule has 1 amide bonds. The van der Waals surface area contributed by atoms with Crippen molar-refractivity contribution < 1.29 is 9.90 Å². The Morgan fingerprint density at radius 1 is 1.35 bits per heavy atom. The lowest BCUT2D eigenvalue weighted by atomic mass is 9.95. The molecule has 1 fully saturated rings. The molecule has 0 spiro atoms. The summed E-state index contributed by atoms with van der Waals surface area (Å²) in [6, 6.07) is 4.20. The lowest BCUT2D eigenvalue weighted by Crippen LogP contribution is -2.43. The number of pyridine rings is 1. The molecule has 1 aromatic rings.